The normalized spacial score (nSPS) is 14.1. The van der Waals surface area contributed by atoms with E-state index in [2.05, 4.69) is 10.3 Å². The van der Waals surface area contributed by atoms with Crippen molar-refractivity contribution >= 4 is 29.1 Å². The van der Waals surface area contributed by atoms with Crippen molar-refractivity contribution < 1.29 is 14.0 Å². The van der Waals surface area contributed by atoms with E-state index in [1.54, 1.807) is 36.5 Å². The van der Waals surface area contributed by atoms with Crippen molar-refractivity contribution in [3.8, 4) is 11.3 Å². The fraction of sp³-hybridized carbons (Fsp3) is 0.320. The summed E-state index contributed by atoms with van der Waals surface area (Å²) in [6, 6.07) is 14.5. The number of halogens is 1. The second-order valence-electron chi connectivity index (χ2n) is 7.93. The third kappa shape index (κ3) is 5.56. The number of carbonyl (C=O) groups is 2. The van der Waals surface area contributed by atoms with Crippen LogP contribution in [0.25, 0.3) is 11.3 Å². The molecule has 0 unspecified atom stereocenters. The summed E-state index contributed by atoms with van der Waals surface area (Å²) in [6.45, 7) is 1.63. The minimum Gasteiger partial charge on any atom is -0.441 e. The second-order valence-corrected chi connectivity index (χ2v) is 8.34. The van der Waals surface area contributed by atoms with E-state index >= 15 is 0 Å². The number of benzene rings is 2. The highest BCUT2D eigenvalue weighted by Crippen LogP contribution is 2.28. The molecule has 1 aliphatic rings. The van der Waals surface area contributed by atoms with Crippen LogP contribution in [0.1, 0.15) is 48.4 Å². The van der Waals surface area contributed by atoms with Gasteiger partial charge in [-0.2, -0.15) is 0 Å². The molecule has 2 heterocycles. The lowest BCUT2D eigenvalue weighted by Crippen LogP contribution is -2.31. The average Bonchev–Trinajstić information content (AvgIpc) is 3.11. The Labute approximate surface area is 192 Å². The Kier molecular flexibility index (Phi) is 7.22. The van der Waals surface area contributed by atoms with Gasteiger partial charge in [-0.3, -0.25) is 9.59 Å². The van der Waals surface area contributed by atoms with Gasteiger partial charge in [-0.05, 0) is 49.2 Å². The highest BCUT2D eigenvalue weighted by molar-refractivity contribution is 6.33. The molecule has 0 bridgehead atoms. The standard InChI is InChI=1S/C25H26ClN3O3/c26-21-8-4-3-7-20(21)22-17-27-24(32-22)14-13-23(30)28-19-11-9-18(10-12-19)25(31)29-15-5-1-2-6-16-29/h3-4,7-12,17H,1-2,5-6,13-16H2,(H,28,30). The molecular formula is C25H26ClN3O3. The van der Waals surface area contributed by atoms with Crippen LogP contribution >= 0.6 is 11.6 Å². The maximum atomic E-state index is 12.7. The summed E-state index contributed by atoms with van der Waals surface area (Å²) in [4.78, 5) is 31.2. The van der Waals surface area contributed by atoms with Crippen molar-refractivity contribution in [2.75, 3.05) is 18.4 Å². The number of hydrogen-bond acceptors (Lipinski definition) is 4. The molecule has 1 N–H and O–H groups in total. The summed E-state index contributed by atoms with van der Waals surface area (Å²) >= 11 is 6.19. The van der Waals surface area contributed by atoms with Crippen molar-refractivity contribution in [2.24, 2.45) is 0 Å². The van der Waals surface area contributed by atoms with Crippen LogP contribution in [0.5, 0.6) is 0 Å². The molecule has 3 aromatic rings. The predicted octanol–water partition coefficient (Wildman–Crippen LogP) is 5.58. The number of hydrogen-bond donors (Lipinski definition) is 1. The quantitative estimate of drug-likeness (QED) is 0.530. The van der Waals surface area contributed by atoms with E-state index in [9.17, 15) is 9.59 Å². The molecule has 32 heavy (non-hydrogen) atoms. The van der Waals surface area contributed by atoms with Crippen molar-refractivity contribution in [1.29, 1.82) is 0 Å². The number of rotatable bonds is 6. The van der Waals surface area contributed by atoms with E-state index in [1.165, 1.54) is 12.8 Å². The molecule has 0 atom stereocenters. The minimum absolute atomic E-state index is 0.0583. The van der Waals surface area contributed by atoms with Crippen LogP contribution in [0.3, 0.4) is 0 Å². The summed E-state index contributed by atoms with van der Waals surface area (Å²) in [5, 5.41) is 3.45. The Morgan fingerprint density at radius 1 is 1.00 bits per heavy atom. The largest absolute Gasteiger partial charge is 0.441 e. The first-order valence-corrected chi connectivity index (χ1v) is 11.4. The van der Waals surface area contributed by atoms with Crippen LogP contribution in [0, 0.1) is 0 Å². The molecule has 0 radical (unpaired) electrons. The molecule has 6 nitrogen and oxygen atoms in total. The van der Waals surface area contributed by atoms with E-state index in [0.29, 0.717) is 34.3 Å². The summed E-state index contributed by atoms with van der Waals surface area (Å²) in [6.07, 6.45) is 6.72. The van der Waals surface area contributed by atoms with Crippen LogP contribution in [0.15, 0.2) is 59.1 Å². The maximum absolute atomic E-state index is 12.7. The zero-order chi connectivity index (χ0) is 22.3. The summed E-state index contributed by atoms with van der Waals surface area (Å²) < 4.78 is 5.74. The monoisotopic (exact) mass is 451 g/mol. The number of anilines is 1. The number of aromatic nitrogens is 1. The molecule has 1 aromatic heterocycles. The predicted molar refractivity (Wildman–Crippen MR) is 125 cm³/mol. The van der Waals surface area contributed by atoms with Gasteiger partial charge in [0.1, 0.15) is 0 Å². The van der Waals surface area contributed by atoms with Gasteiger partial charge < -0.3 is 14.6 Å². The number of nitrogens with one attached hydrogen (secondary N) is 1. The van der Waals surface area contributed by atoms with Crippen LogP contribution < -0.4 is 5.32 Å². The van der Waals surface area contributed by atoms with Crippen molar-refractivity contribution in [1.82, 2.24) is 9.88 Å². The Hall–Kier alpha value is -3.12. The molecular weight excluding hydrogens is 426 g/mol. The Morgan fingerprint density at radius 2 is 1.72 bits per heavy atom. The molecule has 7 heteroatoms. The molecule has 1 saturated heterocycles. The van der Waals surface area contributed by atoms with Gasteiger partial charge in [-0.15, -0.1) is 0 Å². The third-order valence-electron chi connectivity index (χ3n) is 5.57. The Morgan fingerprint density at radius 3 is 2.44 bits per heavy atom. The van der Waals surface area contributed by atoms with Gasteiger partial charge in [-0.1, -0.05) is 36.6 Å². The molecule has 2 aromatic carbocycles. The van der Waals surface area contributed by atoms with Crippen LogP contribution in [-0.2, 0) is 11.2 Å². The second kappa shape index (κ2) is 10.5. The smallest absolute Gasteiger partial charge is 0.253 e. The first kappa shape index (κ1) is 22.1. The van der Waals surface area contributed by atoms with E-state index < -0.39 is 0 Å². The van der Waals surface area contributed by atoms with Crippen molar-refractivity contribution in [3.05, 3.63) is 71.2 Å². The van der Waals surface area contributed by atoms with Gasteiger partial charge in [0.25, 0.3) is 5.91 Å². The lowest BCUT2D eigenvalue weighted by molar-refractivity contribution is -0.116. The van der Waals surface area contributed by atoms with Gasteiger partial charge in [0.05, 0.1) is 11.2 Å². The van der Waals surface area contributed by atoms with Crippen LogP contribution in [0.2, 0.25) is 5.02 Å². The molecule has 2 amide bonds. The molecule has 4 rings (SSSR count). The van der Waals surface area contributed by atoms with Crippen LogP contribution in [-0.4, -0.2) is 34.8 Å². The summed E-state index contributed by atoms with van der Waals surface area (Å²) in [7, 11) is 0. The first-order chi connectivity index (χ1) is 15.6. The van der Waals surface area contributed by atoms with E-state index in [0.717, 1.165) is 31.5 Å². The number of likely N-dealkylation sites (tertiary alicyclic amines) is 1. The molecule has 166 valence electrons. The van der Waals surface area contributed by atoms with Crippen molar-refractivity contribution in [3.63, 3.8) is 0 Å². The Balaban J connectivity index is 1.29. The molecule has 1 aliphatic heterocycles. The summed E-state index contributed by atoms with van der Waals surface area (Å²) in [5.41, 5.74) is 2.08. The fourth-order valence-corrected chi connectivity index (χ4v) is 4.04. The molecule has 0 saturated carbocycles. The van der Waals surface area contributed by atoms with E-state index in [4.69, 9.17) is 16.0 Å². The summed E-state index contributed by atoms with van der Waals surface area (Å²) in [5.74, 6) is 0.973. The number of carbonyl (C=O) groups excluding carboxylic acids is 2. The van der Waals surface area contributed by atoms with Gasteiger partial charge in [0, 0.05) is 42.7 Å². The highest BCUT2D eigenvalue weighted by atomic mass is 35.5. The fourth-order valence-electron chi connectivity index (χ4n) is 3.81. The van der Waals surface area contributed by atoms with Gasteiger partial charge in [0.15, 0.2) is 11.7 Å². The number of aryl methyl sites for hydroxylation is 1. The van der Waals surface area contributed by atoms with E-state index in [-0.39, 0.29) is 18.2 Å². The van der Waals surface area contributed by atoms with Crippen molar-refractivity contribution in [2.45, 2.75) is 38.5 Å². The van der Waals surface area contributed by atoms with Gasteiger partial charge >= 0.3 is 0 Å². The van der Waals surface area contributed by atoms with E-state index in [1.807, 2.05) is 23.1 Å². The third-order valence-corrected chi connectivity index (χ3v) is 5.90. The minimum atomic E-state index is -0.144. The van der Waals surface area contributed by atoms with Gasteiger partial charge in [-0.25, -0.2) is 4.98 Å². The Bertz CT molecular complexity index is 1070. The molecule has 0 aliphatic carbocycles. The van der Waals surface area contributed by atoms with Crippen LogP contribution in [0.4, 0.5) is 5.69 Å². The number of oxazole rings is 1. The highest BCUT2D eigenvalue weighted by Gasteiger charge is 2.17. The van der Waals surface area contributed by atoms with Gasteiger partial charge in [0.2, 0.25) is 5.91 Å². The first-order valence-electron chi connectivity index (χ1n) is 11.0. The molecule has 1 fully saturated rings. The topological polar surface area (TPSA) is 75.4 Å². The maximum Gasteiger partial charge on any atom is 0.253 e. The lowest BCUT2D eigenvalue weighted by Gasteiger charge is -2.20. The molecule has 0 spiro atoms. The number of amides is 2. The number of nitrogens with zero attached hydrogens (tertiary/aromatic N) is 2. The average molecular weight is 452 g/mol. The zero-order valence-electron chi connectivity index (χ0n) is 17.9. The SMILES string of the molecule is O=C(CCc1ncc(-c2ccccc2Cl)o1)Nc1ccc(C(=O)N2CCCCCC2)cc1. The lowest BCUT2D eigenvalue weighted by atomic mass is 10.1. The zero-order valence-corrected chi connectivity index (χ0v) is 18.6.